The van der Waals surface area contributed by atoms with Crippen LogP contribution in [-0.2, 0) is 24.3 Å². The number of aryl methyl sites for hydroxylation is 2. The summed E-state index contributed by atoms with van der Waals surface area (Å²) < 4.78 is 1.63. The summed E-state index contributed by atoms with van der Waals surface area (Å²) in [5.41, 5.74) is 3.65. The summed E-state index contributed by atoms with van der Waals surface area (Å²) in [4.78, 5) is 45.9. The maximum absolute atomic E-state index is 13.7. The summed E-state index contributed by atoms with van der Waals surface area (Å²) in [6, 6.07) is 16.1. The third-order valence-electron chi connectivity index (χ3n) is 6.90. The van der Waals surface area contributed by atoms with Gasteiger partial charge in [-0.25, -0.2) is 4.98 Å². The van der Waals surface area contributed by atoms with E-state index in [9.17, 15) is 14.4 Å². The molecule has 0 radical (unpaired) electrons. The Balaban J connectivity index is 1.48. The van der Waals surface area contributed by atoms with Gasteiger partial charge in [-0.2, -0.15) is 0 Å². The average molecular weight is 502 g/mol. The molecule has 37 heavy (non-hydrogen) atoms. The topological polar surface area (TPSA) is 96.3 Å². The van der Waals surface area contributed by atoms with Crippen LogP contribution in [0, 0.1) is 13.8 Å². The lowest BCUT2D eigenvalue weighted by Gasteiger charge is -2.43. The monoisotopic (exact) mass is 501 g/mol. The molecule has 0 saturated heterocycles. The summed E-state index contributed by atoms with van der Waals surface area (Å²) in [6.07, 6.45) is 2.84. The molecule has 1 aromatic heterocycles. The number of benzene rings is 2. The molecular formula is C29H35N5O3. The van der Waals surface area contributed by atoms with Crippen molar-refractivity contribution in [3.8, 4) is 0 Å². The normalized spacial score (nSPS) is 16.9. The van der Waals surface area contributed by atoms with E-state index < -0.39 is 11.4 Å². The van der Waals surface area contributed by atoms with Gasteiger partial charge < -0.3 is 20.1 Å². The second-order valence-electron chi connectivity index (χ2n) is 9.96. The van der Waals surface area contributed by atoms with E-state index in [2.05, 4.69) is 15.6 Å². The van der Waals surface area contributed by atoms with Crippen molar-refractivity contribution in [2.24, 2.45) is 0 Å². The fraction of sp³-hybridized carbons (Fsp3) is 0.379. The van der Waals surface area contributed by atoms with Crippen LogP contribution in [0.5, 0.6) is 0 Å². The third-order valence-corrected chi connectivity index (χ3v) is 6.90. The van der Waals surface area contributed by atoms with Crippen molar-refractivity contribution in [3.05, 3.63) is 88.5 Å². The van der Waals surface area contributed by atoms with Gasteiger partial charge in [0.25, 0.3) is 11.8 Å². The molecular weight excluding hydrogens is 466 g/mol. The molecule has 0 saturated carbocycles. The standard InChI is InChI=1S/C29H35N5O3/c1-5-16-34-27(36)25-24(26(35)30-15-14-22-10-6-20(2)7-11-22)32-19-33(25)18-29(34,4)28(37)31-17-23-12-8-21(3)9-13-23/h6-13,19H,5,14-18H2,1-4H3,(H,30,35)(H,31,37)/t29-/m0/s1. The Morgan fingerprint density at radius 2 is 1.59 bits per heavy atom. The van der Waals surface area contributed by atoms with Crippen molar-refractivity contribution in [1.29, 1.82) is 0 Å². The van der Waals surface area contributed by atoms with E-state index in [1.165, 1.54) is 11.9 Å². The molecule has 1 aliphatic heterocycles. The molecule has 2 N–H and O–H groups in total. The molecule has 0 unspecified atom stereocenters. The van der Waals surface area contributed by atoms with Crippen LogP contribution in [0.25, 0.3) is 0 Å². The Morgan fingerprint density at radius 1 is 0.973 bits per heavy atom. The highest BCUT2D eigenvalue weighted by Crippen LogP contribution is 2.29. The van der Waals surface area contributed by atoms with Crippen LogP contribution in [0.1, 0.15) is 63.5 Å². The fourth-order valence-corrected chi connectivity index (χ4v) is 4.67. The number of hydrogen-bond acceptors (Lipinski definition) is 4. The predicted molar refractivity (Wildman–Crippen MR) is 142 cm³/mol. The van der Waals surface area contributed by atoms with Crippen molar-refractivity contribution in [1.82, 2.24) is 25.1 Å². The average Bonchev–Trinajstić information content (AvgIpc) is 3.31. The molecule has 0 spiro atoms. The minimum atomic E-state index is -1.11. The Hall–Kier alpha value is -3.94. The number of amides is 3. The number of nitrogens with one attached hydrogen (secondary N) is 2. The van der Waals surface area contributed by atoms with Crippen molar-refractivity contribution < 1.29 is 14.4 Å². The second kappa shape index (κ2) is 11.0. The number of rotatable bonds is 9. The quantitative estimate of drug-likeness (QED) is 0.470. The van der Waals surface area contributed by atoms with Gasteiger partial charge in [-0.05, 0) is 44.7 Å². The van der Waals surface area contributed by atoms with Gasteiger partial charge >= 0.3 is 0 Å². The van der Waals surface area contributed by atoms with Gasteiger partial charge in [-0.3, -0.25) is 14.4 Å². The van der Waals surface area contributed by atoms with Crippen LogP contribution < -0.4 is 10.6 Å². The van der Waals surface area contributed by atoms with Crippen LogP contribution in [-0.4, -0.2) is 50.8 Å². The summed E-state index contributed by atoms with van der Waals surface area (Å²) in [5, 5.41) is 5.89. The van der Waals surface area contributed by atoms with Crippen molar-refractivity contribution in [2.75, 3.05) is 13.1 Å². The zero-order chi connectivity index (χ0) is 26.6. The molecule has 4 rings (SSSR count). The molecule has 2 heterocycles. The van der Waals surface area contributed by atoms with Crippen LogP contribution in [0.3, 0.4) is 0 Å². The number of carbonyl (C=O) groups excluding carboxylic acids is 3. The second-order valence-corrected chi connectivity index (χ2v) is 9.96. The van der Waals surface area contributed by atoms with Crippen LogP contribution in [0.2, 0.25) is 0 Å². The molecule has 1 aliphatic rings. The molecule has 0 aliphatic carbocycles. The van der Waals surface area contributed by atoms with E-state index in [1.54, 1.807) is 16.4 Å². The Labute approximate surface area is 218 Å². The fourth-order valence-electron chi connectivity index (χ4n) is 4.67. The number of nitrogens with zero attached hydrogens (tertiary/aromatic N) is 3. The lowest BCUT2D eigenvalue weighted by Crippen LogP contribution is -2.64. The first-order valence-electron chi connectivity index (χ1n) is 12.8. The van der Waals surface area contributed by atoms with E-state index in [1.807, 2.05) is 69.3 Å². The first-order chi connectivity index (χ1) is 17.7. The number of hydrogen-bond donors (Lipinski definition) is 2. The zero-order valence-corrected chi connectivity index (χ0v) is 22.0. The van der Waals surface area contributed by atoms with E-state index in [0.29, 0.717) is 32.5 Å². The third kappa shape index (κ3) is 5.58. The molecule has 8 nitrogen and oxygen atoms in total. The summed E-state index contributed by atoms with van der Waals surface area (Å²) in [5.74, 6) is -0.987. The molecule has 8 heteroatoms. The Morgan fingerprint density at radius 3 is 2.22 bits per heavy atom. The van der Waals surface area contributed by atoms with E-state index >= 15 is 0 Å². The predicted octanol–water partition coefficient (Wildman–Crippen LogP) is 3.41. The first-order valence-corrected chi connectivity index (χ1v) is 12.8. The van der Waals surface area contributed by atoms with E-state index in [0.717, 1.165) is 16.7 Å². The molecule has 3 amide bonds. The first kappa shape index (κ1) is 26.1. The minimum Gasteiger partial charge on any atom is -0.350 e. The number of carbonyl (C=O) groups is 3. The summed E-state index contributed by atoms with van der Waals surface area (Å²) in [6.45, 7) is 9.20. The Bertz CT molecular complexity index is 1280. The number of fused-ring (bicyclic) bond motifs is 1. The molecule has 0 fully saturated rings. The van der Waals surface area contributed by atoms with Crippen molar-refractivity contribution in [3.63, 3.8) is 0 Å². The van der Waals surface area contributed by atoms with Gasteiger partial charge in [0.05, 0.1) is 12.9 Å². The van der Waals surface area contributed by atoms with Gasteiger partial charge in [0, 0.05) is 19.6 Å². The van der Waals surface area contributed by atoms with Gasteiger partial charge in [0.15, 0.2) is 5.69 Å². The van der Waals surface area contributed by atoms with Gasteiger partial charge in [0.1, 0.15) is 11.2 Å². The van der Waals surface area contributed by atoms with Crippen LogP contribution >= 0.6 is 0 Å². The maximum atomic E-state index is 13.7. The summed E-state index contributed by atoms with van der Waals surface area (Å²) >= 11 is 0. The SMILES string of the molecule is CCCN1C(=O)c2c(C(=O)NCCc3ccc(C)cc3)ncn2C[C@@]1(C)C(=O)NCc1ccc(C)cc1. The smallest absolute Gasteiger partial charge is 0.273 e. The van der Waals surface area contributed by atoms with E-state index in [-0.39, 0.29) is 29.7 Å². The lowest BCUT2D eigenvalue weighted by molar-refractivity contribution is -0.133. The zero-order valence-electron chi connectivity index (χ0n) is 22.0. The Kier molecular flexibility index (Phi) is 7.76. The summed E-state index contributed by atoms with van der Waals surface area (Å²) in [7, 11) is 0. The largest absolute Gasteiger partial charge is 0.350 e. The van der Waals surface area contributed by atoms with Crippen LogP contribution in [0.4, 0.5) is 0 Å². The number of imidazole rings is 1. The van der Waals surface area contributed by atoms with Gasteiger partial charge in [-0.1, -0.05) is 66.6 Å². The minimum absolute atomic E-state index is 0.0946. The molecule has 3 aromatic rings. The molecule has 2 aromatic carbocycles. The van der Waals surface area contributed by atoms with Gasteiger partial charge in [-0.15, -0.1) is 0 Å². The lowest BCUT2D eigenvalue weighted by atomic mass is 9.93. The highest BCUT2D eigenvalue weighted by Gasteiger charge is 2.48. The molecule has 194 valence electrons. The molecule has 1 atom stereocenters. The van der Waals surface area contributed by atoms with E-state index in [4.69, 9.17) is 0 Å². The maximum Gasteiger partial charge on any atom is 0.273 e. The molecule has 0 bridgehead atoms. The number of aromatic nitrogens is 2. The van der Waals surface area contributed by atoms with Gasteiger partial charge in [0.2, 0.25) is 5.91 Å². The van der Waals surface area contributed by atoms with Crippen LogP contribution in [0.15, 0.2) is 54.9 Å². The highest BCUT2D eigenvalue weighted by molar-refractivity contribution is 6.07. The highest BCUT2D eigenvalue weighted by atomic mass is 16.2. The van der Waals surface area contributed by atoms with Crippen molar-refractivity contribution in [2.45, 2.75) is 59.2 Å². The van der Waals surface area contributed by atoms with Crippen molar-refractivity contribution >= 4 is 17.7 Å².